The Morgan fingerprint density at radius 2 is 1.65 bits per heavy atom. The Labute approximate surface area is 150 Å². The summed E-state index contributed by atoms with van der Waals surface area (Å²) in [5.41, 5.74) is 0.144. The number of para-hydroxylation sites is 1. The molecule has 1 aromatic heterocycles. The zero-order valence-corrected chi connectivity index (χ0v) is 14.4. The van der Waals surface area contributed by atoms with Crippen LogP contribution in [-0.4, -0.2) is 15.7 Å². The minimum atomic E-state index is -1.22. The first-order chi connectivity index (χ1) is 12.4. The number of aromatic nitrogens is 2. The number of benzene rings is 2. The van der Waals surface area contributed by atoms with Gasteiger partial charge in [-0.25, -0.2) is 9.07 Å². The predicted molar refractivity (Wildman–Crippen MR) is 98.3 cm³/mol. The fourth-order valence-electron chi connectivity index (χ4n) is 2.49. The van der Waals surface area contributed by atoms with Crippen molar-refractivity contribution in [3.05, 3.63) is 82.9 Å². The number of nitrogens with one attached hydrogen (secondary N) is 1. The van der Waals surface area contributed by atoms with E-state index in [1.807, 2.05) is 18.2 Å². The zero-order valence-electron chi connectivity index (χ0n) is 14.4. The van der Waals surface area contributed by atoms with Crippen molar-refractivity contribution in [2.45, 2.75) is 19.4 Å². The number of nitrogens with zero attached hydrogens (tertiary/aromatic N) is 2. The number of hydrogen-bond donors (Lipinski definition) is 1. The molecular formula is C20H18FN3O2. The molecular weight excluding hydrogens is 333 g/mol. The quantitative estimate of drug-likeness (QED) is 0.783. The molecule has 0 bridgehead atoms. The molecule has 3 aromatic rings. The fraction of sp³-hybridized carbons (Fsp3) is 0.150. The summed E-state index contributed by atoms with van der Waals surface area (Å²) in [6.07, 6.45) is 0. The van der Waals surface area contributed by atoms with E-state index in [1.165, 1.54) is 18.2 Å². The number of carbonyl (C=O) groups is 1. The molecule has 0 aliphatic heterocycles. The highest BCUT2D eigenvalue weighted by atomic mass is 19.1. The zero-order chi connectivity index (χ0) is 18.7. The highest BCUT2D eigenvalue weighted by molar-refractivity contribution is 5.96. The van der Waals surface area contributed by atoms with E-state index >= 15 is 0 Å². The lowest BCUT2D eigenvalue weighted by atomic mass is 10.0. The molecule has 0 aliphatic rings. The Balaban J connectivity index is 1.96. The second kappa shape index (κ2) is 6.92. The highest BCUT2D eigenvalue weighted by Gasteiger charge is 2.32. The normalized spacial score (nSPS) is 11.2. The number of hydrogen-bond acceptors (Lipinski definition) is 3. The van der Waals surface area contributed by atoms with Crippen molar-refractivity contribution >= 4 is 11.6 Å². The molecule has 0 aliphatic carbocycles. The van der Waals surface area contributed by atoms with E-state index < -0.39 is 11.1 Å². The van der Waals surface area contributed by atoms with Crippen LogP contribution in [0.3, 0.4) is 0 Å². The molecule has 6 heteroatoms. The van der Waals surface area contributed by atoms with Gasteiger partial charge in [0, 0.05) is 17.3 Å². The van der Waals surface area contributed by atoms with Crippen molar-refractivity contribution in [3.8, 4) is 11.3 Å². The van der Waals surface area contributed by atoms with Crippen LogP contribution >= 0.6 is 0 Å². The van der Waals surface area contributed by atoms with Gasteiger partial charge in [0.15, 0.2) is 0 Å². The van der Waals surface area contributed by atoms with Gasteiger partial charge in [-0.15, -0.1) is 0 Å². The Bertz CT molecular complexity index is 980. The highest BCUT2D eigenvalue weighted by Crippen LogP contribution is 2.20. The smallest absolute Gasteiger partial charge is 0.267 e. The maximum atomic E-state index is 13.1. The first-order valence-electron chi connectivity index (χ1n) is 8.11. The second-order valence-corrected chi connectivity index (χ2v) is 6.35. The summed E-state index contributed by atoms with van der Waals surface area (Å²) in [5, 5.41) is 7.11. The van der Waals surface area contributed by atoms with Crippen molar-refractivity contribution in [3.63, 3.8) is 0 Å². The molecule has 0 spiro atoms. The number of rotatable bonds is 4. The van der Waals surface area contributed by atoms with E-state index in [9.17, 15) is 14.0 Å². The van der Waals surface area contributed by atoms with E-state index in [4.69, 9.17) is 0 Å². The van der Waals surface area contributed by atoms with Gasteiger partial charge < -0.3 is 5.32 Å². The second-order valence-electron chi connectivity index (χ2n) is 6.35. The van der Waals surface area contributed by atoms with Crippen LogP contribution in [0.1, 0.15) is 13.8 Å². The summed E-state index contributed by atoms with van der Waals surface area (Å²) in [7, 11) is 0. The van der Waals surface area contributed by atoms with Gasteiger partial charge in [0.2, 0.25) is 0 Å². The number of halogens is 1. The lowest BCUT2D eigenvalue weighted by molar-refractivity contribution is -0.123. The van der Waals surface area contributed by atoms with Crippen LogP contribution in [0.25, 0.3) is 11.3 Å². The average Bonchev–Trinajstić information content (AvgIpc) is 2.63. The van der Waals surface area contributed by atoms with Crippen LogP contribution in [0.4, 0.5) is 10.1 Å². The van der Waals surface area contributed by atoms with Gasteiger partial charge in [-0.3, -0.25) is 9.59 Å². The third-order valence-corrected chi connectivity index (χ3v) is 4.06. The number of carbonyl (C=O) groups excluding carboxylic acids is 1. The van der Waals surface area contributed by atoms with Crippen LogP contribution in [0.2, 0.25) is 0 Å². The third kappa shape index (κ3) is 3.54. The molecule has 0 saturated heterocycles. The van der Waals surface area contributed by atoms with Crippen LogP contribution < -0.4 is 10.9 Å². The first-order valence-corrected chi connectivity index (χ1v) is 8.11. The standard InChI is InChI=1S/C20H18FN3O2/c1-20(2,19(26)22-16-6-4-3-5-7-16)24-18(25)13-12-17(23-24)14-8-10-15(21)11-9-14/h3-13H,1-2H3,(H,22,26). The summed E-state index contributed by atoms with van der Waals surface area (Å²) < 4.78 is 14.3. The lowest BCUT2D eigenvalue weighted by Gasteiger charge is -2.25. The molecule has 1 amide bonds. The van der Waals surface area contributed by atoms with Gasteiger partial charge in [-0.2, -0.15) is 5.10 Å². The molecule has 5 nitrogen and oxygen atoms in total. The van der Waals surface area contributed by atoms with E-state index in [2.05, 4.69) is 10.4 Å². The summed E-state index contributed by atoms with van der Waals surface area (Å²) in [4.78, 5) is 25.0. The molecule has 0 saturated carbocycles. The van der Waals surface area contributed by atoms with Crippen LogP contribution in [-0.2, 0) is 10.3 Å². The summed E-state index contributed by atoms with van der Waals surface area (Å²) in [5.74, 6) is -0.723. The van der Waals surface area contributed by atoms with Gasteiger partial charge in [-0.1, -0.05) is 18.2 Å². The van der Waals surface area contributed by atoms with Crippen molar-refractivity contribution in [2.75, 3.05) is 5.32 Å². The van der Waals surface area contributed by atoms with Gasteiger partial charge in [0.25, 0.3) is 11.5 Å². The molecule has 0 radical (unpaired) electrons. The third-order valence-electron chi connectivity index (χ3n) is 4.06. The summed E-state index contributed by atoms with van der Waals surface area (Å²) >= 11 is 0. The van der Waals surface area contributed by atoms with E-state index in [-0.39, 0.29) is 11.7 Å². The van der Waals surface area contributed by atoms with Crippen molar-refractivity contribution in [1.29, 1.82) is 0 Å². The van der Waals surface area contributed by atoms with Gasteiger partial charge in [0.1, 0.15) is 11.4 Å². The average molecular weight is 351 g/mol. The van der Waals surface area contributed by atoms with Crippen LogP contribution in [0.15, 0.2) is 71.5 Å². The number of anilines is 1. The molecule has 0 unspecified atom stereocenters. The van der Waals surface area contributed by atoms with Crippen molar-refractivity contribution in [1.82, 2.24) is 9.78 Å². The van der Waals surface area contributed by atoms with E-state index in [0.717, 1.165) is 4.68 Å². The van der Waals surface area contributed by atoms with Crippen molar-refractivity contribution in [2.24, 2.45) is 0 Å². The Hall–Kier alpha value is -3.28. The topological polar surface area (TPSA) is 64.0 Å². The van der Waals surface area contributed by atoms with Crippen molar-refractivity contribution < 1.29 is 9.18 Å². The number of amides is 1. The Kier molecular flexibility index (Phi) is 4.67. The van der Waals surface area contributed by atoms with Gasteiger partial charge >= 0.3 is 0 Å². The maximum absolute atomic E-state index is 13.1. The molecule has 1 heterocycles. The van der Waals surface area contributed by atoms with Gasteiger partial charge in [-0.05, 0) is 56.3 Å². The molecule has 3 rings (SSSR count). The van der Waals surface area contributed by atoms with Crippen LogP contribution in [0, 0.1) is 5.82 Å². The molecule has 26 heavy (non-hydrogen) atoms. The fourth-order valence-corrected chi connectivity index (χ4v) is 2.49. The predicted octanol–water partition coefficient (Wildman–Crippen LogP) is 3.42. The molecule has 0 fully saturated rings. The molecule has 0 atom stereocenters. The molecule has 132 valence electrons. The SMILES string of the molecule is CC(C)(C(=O)Nc1ccccc1)n1nc(-c2ccc(F)cc2)ccc1=O. The van der Waals surface area contributed by atoms with Gasteiger partial charge in [0.05, 0.1) is 5.69 Å². The molecule has 2 aromatic carbocycles. The first kappa shape index (κ1) is 17.5. The summed E-state index contributed by atoms with van der Waals surface area (Å²) in [6.45, 7) is 3.24. The monoisotopic (exact) mass is 351 g/mol. The lowest BCUT2D eigenvalue weighted by Crippen LogP contribution is -2.47. The minimum Gasteiger partial charge on any atom is -0.324 e. The van der Waals surface area contributed by atoms with E-state index in [0.29, 0.717) is 16.9 Å². The Morgan fingerprint density at radius 3 is 2.31 bits per heavy atom. The Morgan fingerprint density at radius 1 is 1.00 bits per heavy atom. The molecule has 1 N–H and O–H groups in total. The summed E-state index contributed by atoms with van der Waals surface area (Å²) in [6, 6.07) is 17.7. The minimum absolute atomic E-state index is 0.357. The maximum Gasteiger partial charge on any atom is 0.267 e. The van der Waals surface area contributed by atoms with E-state index in [1.54, 1.807) is 44.2 Å². The largest absolute Gasteiger partial charge is 0.324 e. The van der Waals surface area contributed by atoms with Crippen LogP contribution in [0.5, 0.6) is 0 Å².